The van der Waals surface area contributed by atoms with Crippen molar-refractivity contribution < 1.29 is 18.0 Å². The number of carbonyl (C=O) groups is 1. The number of rotatable bonds is 3. The van der Waals surface area contributed by atoms with Crippen LogP contribution in [0.15, 0.2) is 24.3 Å². The van der Waals surface area contributed by atoms with E-state index >= 15 is 0 Å². The lowest BCUT2D eigenvalue weighted by Gasteiger charge is -2.22. The predicted octanol–water partition coefficient (Wildman–Crippen LogP) is 2.43. The molecular weight excluding hydrogens is 269 g/mol. The van der Waals surface area contributed by atoms with Gasteiger partial charge in [0, 0.05) is 12.1 Å². The zero-order valence-electron chi connectivity index (χ0n) is 11.0. The zero-order chi connectivity index (χ0) is 14.6. The summed E-state index contributed by atoms with van der Waals surface area (Å²) in [7, 11) is 0. The Hall–Kier alpha value is -1.56. The number of nitrogens with one attached hydrogen (secondary N) is 2. The summed E-state index contributed by atoms with van der Waals surface area (Å²) in [6, 6.07) is 4.50. The minimum atomic E-state index is -4.43. The summed E-state index contributed by atoms with van der Waals surface area (Å²) in [5.74, 6) is -0.0550. The van der Waals surface area contributed by atoms with E-state index < -0.39 is 17.6 Å². The maximum Gasteiger partial charge on any atom is 0.416 e. The average Bonchev–Trinajstić information content (AvgIpc) is 2.45. The van der Waals surface area contributed by atoms with Crippen LogP contribution in [0.4, 0.5) is 13.2 Å². The third-order valence-corrected chi connectivity index (χ3v) is 3.46. The van der Waals surface area contributed by atoms with Crippen molar-refractivity contribution in [3.63, 3.8) is 0 Å². The van der Waals surface area contributed by atoms with Gasteiger partial charge >= 0.3 is 6.18 Å². The van der Waals surface area contributed by atoms with E-state index in [0.717, 1.165) is 38.1 Å². The molecule has 6 heteroatoms. The van der Waals surface area contributed by atoms with Gasteiger partial charge in [0.15, 0.2) is 0 Å². The van der Waals surface area contributed by atoms with Crippen LogP contribution >= 0.6 is 0 Å². The molecule has 1 aliphatic rings. The van der Waals surface area contributed by atoms with Crippen molar-refractivity contribution in [3.8, 4) is 0 Å². The van der Waals surface area contributed by atoms with Crippen LogP contribution in [0.5, 0.6) is 0 Å². The molecule has 0 radical (unpaired) electrons. The molecule has 2 rings (SSSR count). The van der Waals surface area contributed by atoms with Crippen LogP contribution in [0.2, 0.25) is 0 Å². The molecule has 0 aliphatic carbocycles. The smallest absolute Gasteiger partial charge is 0.352 e. The number of amides is 1. The van der Waals surface area contributed by atoms with Gasteiger partial charge in [0.1, 0.15) is 0 Å². The fourth-order valence-corrected chi connectivity index (χ4v) is 2.26. The highest BCUT2D eigenvalue weighted by atomic mass is 19.4. The largest absolute Gasteiger partial charge is 0.416 e. The molecule has 1 saturated heterocycles. The van der Waals surface area contributed by atoms with Gasteiger partial charge in [-0.2, -0.15) is 13.2 Å². The Kier molecular flexibility index (Phi) is 4.65. The van der Waals surface area contributed by atoms with Crippen molar-refractivity contribution >= 4 is 5.91 Å². The van der Waals surface area contributed by atoms with E-state index in [-0.39, 0.29) is 5.56 Å². The Labute approximate surface area is 115 Å². The van der Waals surface area contributed by atoms with Gasteiger partial charge in [-0.25, -0.2) is 0 Å². The fraction of sp³-hybridized carbons (Fsp3) is 0.500. The van der Waals surface area contributed by atoms with Crippen LogP contribution in [0.25, 0.3) is 0 Å². The highest BCUT2D eigenvalue weighted by Crippen LogP contribution is 2.29. The standard InChI is InChI=1S/C14H17F3N2O/c15-14(16,17)12-3-1-2-11(8-12)13(20)19-9-10-4-6-18-7-5-10/h1-3,8,10,18H,4-7,9H2,(H,19,20). The number of benzene rings is 1. The van der Waals surface area contributed by atoms with Crippen molar-refractivity contribution in [1.29, 1.82) is 0 Å². The quantitative estimate of drug-likeness (QED) is 0.896. The third kappa shape index (κ3) is 3.96. The molecule has 110 valence electrons. The van der Waals surface area contributed by atoms with Crippen molar-refractivity contribution in [2.24, 2.45) is 5.92 Å². The number of piperidine rings is 1. The summed E-state index contributed by atoms with van der Waals surface area (Å²) < 4.78 is 37.7. The maximum absolute atomic E-state index is 12.6. The lowest BCUT2D eigenvalue weighted by atomic mass is 9.98. The lowest BCUT2D eigenvalue weighted by molar-refractivity contribution is -0.137. The Balaban J connectivity index is 1.95. The van der Waals surface area contributed by atoms with Crippen molar-refractivity contribution in [1.82, 2.24) is 10.6 Å². The Morgan fingerprint density at radius 2 is 2.00 bits per heavy atom. The summed E-state index contributed by atoms with van der Waals surface area (Å²) >= 11 is 0. The highest BCUT2D eigenvalue weighted by Gasteiger charge is 2.30. The number of hydrogen-bond donors (Lipinski definition) is 2. The second-order valence-electron chi connectivity index (χ2n) is 4.98. The second-order valence-corrected chi connectivity index (χ2v) is 4.98. The van der Waals surface area contributed by atoms with Crippen molar-refractivity contribution in [3.05, 3.63) is 35.4 Å². The van der Waals surface area contributed by atoms with Gasteiger partial charge in [0.25, 0.3) is 5.91 Å². The van der Waals surface area contributed by atoms with E-state index in [4.69, 9.17) is 0 Å². The van der Waals surface area contributed by atoms with Crippen molar-refractivity contribution in [2.75, 3.05) is 19.6 Å². The van der Waals surface area contributed by atoms with Crippen LogP contribution in [0, 0.1) is 5.92 Å². The van der Waals surface area contributed by atoms with Crippen LogP contribution in [-0.2, 0) is 6.18 Å². The molecule has 1 amide bonds. The first-order chi connectivity index (χ1) is 9.47. The summed E-state index contributed by atoms with van der Waals surface area (Å²) in [4.78, 5) is 11.9. The molecule has 1 aromatic rings. The van der Waals surface area contributed by atoms with Gasteiger partial charge in [-0.15, -0.1) is 0 Å². The Morgan fingerprint density at radius 1 is 1.30 bits per heavy atom. The van der Waals surface area contributed by atoms with Crippen LogP contribution in [0.1, 0.15) is 28.8 Å². The Bertz CT molecular complexity index is 468. The van der Waals surface area contributed by atoms with Crippen LogP contribution < -0.4 is 10.6 Å². The van der Waals surface area contributed by atoms with Gasteiger partial charge in [-0.3, -0.25) is 4.79 Å². The Morgan fingerprint density at radius 3 is 2.65 bits per heavy atom. The third-order valence-electron chi connectivity index (χ3n) is 3.46. The average molecular weight is 286 g/mol. The van der Waals surface area contributed by atoms with E-state index in [1.54, 1.807) is 0 Å². The number of alkyl halides is 3. The van der Waals surface area contributed by atoms with Gasteiger partial charge in [-0.1, -0.05) is 6.07 Å². The summed E-state index contributed by atoms with van der Waals surface area (Å²) in [5.41, 5.74) is -0.749. The normalized spacial score (nSPS) is 16.9. The monoisotopic (exact) mass is 286 g/mol. The number of hydrogen-bond acceptors (Lipinski definition) is 2. The molecule has 1 aromatic carbocycles. The van der Waals surface area contributed by atoms with E-state index in [1.165, 1.54) is 12.1 Å². The van der Waals surface area contributed by atoms with E-state index in [9.17, 15) is 18.0 Å². The van der Waals surface area contributed by atoms with Gasteiger partial charge in [-0.05, 0) is 50.0 Å². The van der Waals surface area contributed by atoms with Crippen molar-refractivity contribution in [2.45, 2.75) is 19.0 Å². The topological polar surface area (TPSA) is 41.1 Å². The SMILES string of the molecule is O=C(NCC1CCNCC1)c1cccc(C(F)(F)F)c1. The molecule has 20 heavy (non-hydrogen) atoms. The van der Waals surface area contributed by atoms with E-state index in [2.05, 4.69) is 10.6 Å². The molecule has 0 atom stereocenters. The van der Waals surface area contributed by atoms with Crippen LogP contribution in [-0.4, -0.2) is 25.5 Å². The maximum atomic E-state index is 12.6. The minimum Gasteiger partial charge on any atom is -0.352 e. The molecule has 2 N–H and O–H groups in total. The van der Waals surface area contributed by atoms with E-state index in [0.29, 0.717) is 12.5 Å². The molecule has 0 bridgehead atoms. The fourth-order valence-electron chi connectivity index (χ4n) is 2.26. The molecule has 1 aliphatic heterocycles. The molecule has 0 saturated carbocycles. The highest BCUT2D eigenvalue weighted by molar-refractivity contribution is 5.94. The zero-order valence-corrected chi connectivity index (χ0v) is 11.0. The minimum absolute atomic E-state index is 0.0498. The first kappa shape index (κ1) is 14.8. The molecule has 1 heterocycles. The molecular formula is C14H17F3N2O. The lowest BCUT2D eigenvalue weighted by Crippen LogP contribution is -2.36. The molecule has 0 unspecified atom stereocenters. The molecule has 1 fully saturated rings. The van der Waals surface area contributed by atoms with Crippen LogP contribution in [0.3, 0.4) is 0 Å². The van der Waals surface area contributed by atoms with Gasteiger partial charge < -0.3 is 10.6 Å². The number of carbonyl (C=O) groups excluding carboxylic acids is 1. The second kappa shape index (κ2) is 6.26. The predicted molar refractivity (Wildman–Crippen MR) is 69.4 cm³/mol. The molecule has 3 nitrogen and oxygen atoms in total. The molecule has 0 spiro atoms. The first-order valence-electron chi connectivity index (χ1n) is 6.63. The molecule has 0 aromatic heterocycles. The first-order valence-corrected chi connectivity index (χ1v) is 6.63. The van der Waals surface area contributed by atoms with E-state index in [1.807, 2.05) is 0 Å². The summed E-state index contributed by atoms with van der Waals surface area (Å²) in [5, 5.41) is 5.93. The van der Waals surface area contributed by atoms with Gasteiger partial charge in [0.2, 0.25) is 0 Å². The number of halogens is 3. The summed E-state index contributed by atoms with van der Waals surface area (Å²) in [6.45, 7) is 2.35. The van der Waals surface area contributed by atoms with Gasteiger partial charge in [0.05, 0.1) is 5.56 Å². The summed E-state index contributed by atoms with van der Waals surface area (Å²) in [6.07, 6.45) is -2.48.